The van der Waals surface area contributed by atoms with Crippen molar-refractivity contribution in [2.75, 3.05) is 5.88 Å². The molecule has 0 unspecified atom stereocenters. The topological polar surface area (TPSA) is 17.1 Å². The quantitative estimate of drug-likeness (QED) is 0.401. The Balaban J connectivity index is 0. The van der Waals surface area contributed by atoms with Crippen LogP contribution in [0.15, 0.2) is 0 Å². The molecule has 0 aliphatic carbocycles. The van der Waals surface area contributed by atoms with Crippen molar-refractivity contribution in [1.82, 2.24) is 0 Å². The Kier molecular flexibility index (Phi) is 9.13. The summed E-state index contributed by atoms with van der Waals surface area (Å²) in [5, 5.41) is -0.508. The molecule has 38 valence electrons. The molecule has 0 heterocycles. The van der Waals surface area contributed by atoms with Crippen molar-refractivity contribution in [3.8, 4) is 0 Å². The molecule has 0 N–H and O–H groups in total. The predicted octanol–water partition coefficient (Wildman–Crippen LogP) is 1.10. The van der Waals surface area contributed by atoms with E-state index < -0.39 is 5.24 Å². The van der Waals surface area contributed by atoms with E-state index in [1.807, 2.05) is 0 Å². The van der Waals surface area contributed by atoms with Crippen LogP contribution in [0.25, 0.3) is 0 Å². The maximum atomic E-state index is 9.45. The van der Waals surface area contributed by atoms with E-state index in [2.05, 4.69) is 0 Å². The highest BCUT2D eigenvalue weighted by atomic mass is 35.5. The lowest BCUT2D eigenvalue weighted by Gasteiger charge is -1.65. The van der Waals surface area contributed by atoms with Crippen molar-refractivity contribution in [2.45, 2.75) is 0 Å². The van der Waals surface area contributed by atoms with Gasteiger partial charge >= 0.3 is 0 Å². The first-order valence-corrected chi connectivity index (χ1v) is 1.93. The van der Waals surface area contributed by atoms with E-state index in [0.29, 0.717) is 0 Å². The summed E-state index contributed by atoms with van der Waals surface area (Å²) in [7, 11) is 0. The second kappa shape index (κ2) is 5.60. The van der Waals surface area contributed by atoms with E-state index in [0.717, 1.165) is 0 Å². The van der Waals surface area contributed by atoms with E-state index >= 15 is 0 Å². The van der Waals surface area contributed by atoms with Crippen molar-refractivity contribution in [3.63, 3.8) is 0 Å². The molecular weight excluding hydrogens is 143 g/mol. The summed E-state index contributed by atoms with van der Waals surface area (Å²) in [4.78, 5) is 9.45. The number of hydrogen-bond donors (Lipinski definition) is 0. The molecule has 0 aromatic rings. The van der Waals surface area contributed by atoms with Gasteiger partial charge in [0.05, 0.1) is 5.88 Å². The van der Waals surface area contributed by atoms with Crippen molar-refractivity contribution < 1.29 is 4.79 Å². The Hall–Kier alpha value is 0.600. The Labute approximate surface area is 53.1 Å². The average molecular weight is 147 g/mol. The Morgan fingerprint density at radius 3 is 1.83 bits per heavy atom. The van der Waals surface area contributed by atoms with Gasteiger partial charge in [-0.2, -0.15) is 13.5 Å². The fraction of sp³-hybridized carbons (Fsp3) is 0.500. The standard InChI is InChI=1S/C2H2Cl2O.H2S/c3-1-2(4)5;/h1H2;1H2. The maximum absolute atomic E-state index is 9.45. The van der Waals surface area contributed by atoms with E-state index in [1.54, 1.807) is 0 Å². The number of carbonyl (C=O) groups excluding carboxylic acids is 1. The number of carbonyl (C=O) groups is 1. The molecule has 0 rings (SSSR count). The molecule has 0 amide bonds. The minimum atomic E-state index is -0.508. The SMILES string of the molecule is O=C(Cl)CCl.S. The molecule has 0 saturated carbocycles. The lowest BCUT2D eigenvalue weighted by molar-refractivity contribution is -0.109. The van der Waals surface area contributed by atoms with Crippen LogP contribution in [0.4, 0.5) is 0 Å². The molecule has 6 heavy (non-hydrogen) atoms. The molecular formula is C2H4Cl2OS. The lowest BCUT2D eigenvalue weighted by atomic mass is 10.9. The van der Waals surface area contributed by atoms with E-state index in [1.165, 1.54) is 0 Å². The van der Waals surface area contributed by atoms with Crippen LogP contribution in [0.2, 0.25) is 0 Å². The molecule has 0 aromatic heterocycles. The zero-order chi connectivity index (χ0) is 4.28. The maximum Gasteiger partial charge on any atom is 0.236 e. The van der Waals surface area contributed by atoms with Crippen LogP contribution < -0.4 is 0 Å². The zero-order valence-electron chi connectivity index (χ0n) is 2.87. The highest BCUT2D eigenvalue weighted by Gasteiger charge is 1.83. The van der Waals surface area contributed by atoms with Gasteiger partial charge in [0.1, 0.15) is 0 Å². The molecule has 0 fully saturated rings. The van der Waals surface area contributed by atoms with Crippen molar-refractivity contribution in [2.24, 2.45) is 0 Å². The van der Waals surface area contributed by atoms with E-state index in [4.69, 9.17) is 23.2 Å². The van der Waals surface area contributed by atoms with Crippen LogP contribution >= 0.6 is 36.7 Å². The van der Waals surface area contributed by atoms with Gasteiger partial charge in [-0.3, -0.25) is 4.79 Å². The summed E-state index contributed by atoms with van der Waals surface area (Å²) in [5.41, 5.74) is 0. The molecule has 0 spiro atoms. The number of rotatable bonds is 1. The molecule has 0 saturated heterocycles. The monoisotopic (exact) mass is 146 g/mol. The Bertz CT molecular complexity index is 46.8. The second-order valence-corrected chi connectivity index (χ2v) is 1.18. The number of alkyl halides is 1. The smallest absolute Gasteiger partial charge is 0.236 e. The highest BCUT2D eigenvalue weighted by Crippen LogP contribution is 1.80. The lowest BCUT2D eigenvalue weighted by Crippen LogP contribution is -1.81. The van der Waals surface area contributed by atoms with Crippen LogP contribution in [-0.2, 0) is 4.79 Å². The molecule has 1 nitrogen and oxygen atoms in total. The van der Waals surface area contributed by atoms with Crippen molar-refractivity contribution in [3.05, 3.63) is 0 Å². The molecule has 0 aromatic carbocycles. The molecule has 0 aliphatic rings. The highest BCUT2D eigenvalue weighted by molar-refractivity contribution is 7.59. The van der Waals surface area contributed by atoms with Gasteiger partial charge in [0.15, 0.2) is 0 Å². The minimum absolute atomic E-state index is 0. The normalized spacial score (nSPS) is 6.33. The van der Waals surface area contributed by atoms with Crippen LogP contribution in [-0.4, -0.2) is 11.1 Å². The fourth-order valence-electron chi connectivity index (χ4n) is 0. The van der Waals surface area contributed by atoms with Crippen molar-refractivity contribution in [1.29, 1.82) is 0 Å². The van der Waals surface area contributed by atoms with Crippen LogP contribution in [0.5, 0.6) is 0 Å². The minimum Gasteiger partial charge on any atom is -0.280 e. The van der Waals surface area contributed by atoms with Gasteiger partial charge < -0.3 is 0 Å². The number of halogens is 2. The van der Waals surface area contributed by atoms with Gasteiger partial charge in [-0.25, -0.2) is 0 Å². The summed E-state index contributed by atoms with van der Waals surface area (Å²) in [6.07, 6.45) is 0. The van der Waals surface area contributed by atoms with E-state index in [9.17, 15) is 4.79 Å². The summed E-state index contributed by atoms with van der Waals surface area (Å²) in [5.74, 6) is -0.0957. The van der Waals surface area contributed by atoms with Gasteiger partial charge in [-0.05, 0) is 11.6 Å². The summed E-state index contributed by atoms with van der Waals surface area (Å²) >= 11 is 9.55. The van der Waals surface area contributed by atoms with Gasteiger partial charge in [0.2, 0.25) is 5.24 Å². The third-order valence-electron chi connectivity index (χ3n) is 0.105. The predicted molar refractivity (Wildman–Crippen MR) is 32.0 cm³/mol. The molecule has 0 atom stereocenters. The second-order valence-electron chi connectivity index (χ2n) is 0.489. The van der Waals surface area contributed by atoms with Gasteiger partial charge in [0, 0.05) is 0 Å². The van der Waals surface area contributed by atoms with E-state index in [-0.39, 0.29) is 19.4 Å². The van der Waals surface area contributed by atoms with Crippen LogP contribution in [0.3, 0.4) is 0 Å². The largest absolute Gasteiger partial charge is 0.280 e. The third-order valence-corrected chi connectivity index (χ3v) is 0.618. The third kappa shape index (κ3) is 8.82. The Morgan fingerprint density at radius 1 is 1.67 bits per heavy atom. The Morgan fingerprint density at radius 2 is 1.83 bits per heavy atom. The summed E-state index contributed by atoms with van der Waals surface area (Å²) < 4.78 is 0. The first-order chi connectivity index (χ1) is 2.27. The molecule has 0 bridgehead atoms. The van der Waals surface area contributed by atoms with Gasteiger partial charge in [0.25, 0.3) is 0 Å². The van der Waals surface area contributed by atoms with Gasteiger partial charge in [-0.1, -0.05) is 0 Å². The first kappa shape index (κ1) is 9.78. The summed E-state index contributed by atoms with van der Waals surface area (Å²) in [6.45, 7) is 0. The molecule has 0 radical (unpaired) electrons. The zero-order valence-corrected chi connectivity index (χ0v) is 5.38. The van der Waals surface area contributed by atoms with Crippen LogP contribution in [0.1, 0.15) is 0 Å². The average Bonchev–Trinajstić information content (AvgIpc) is 1.38. The fourth-order valence-corrected chi connectivity index (χ4v) is 0. The first-order valence-electron chi connectivity index (χ1n) is 1.01. The molecule has 0 aliphatic heterocycles. The number of hydrogen-bond acceptors (Lipinski definition) is 1. The van der Waals surface area contributed by atoms with Crippen molar-refractivity contribution >= 4 is 41.9 Å². The summed E-state index contributed by atoms with van der Waals surface area (Å²) in [6, 6.07) is 0. The molecule has 4 heteroatoms. The van der Waals surface area contributed by atoms with Crippen LogP contribution in [0, 0.1) is 0 Å². The van der Waals surface area contributed by atoms with Gasteiger partial charge in [-0.15, -0.1) is 11.6 Å².